The summed E-state index contributed by atoms with van der Waals surface area (Å²) in [6.45, 7) is 2.70. The van der Waals surface area contributed by atoms with Crippen LogP contribution in [0.1, 0.15) is 17.5 Å². The largest absolute Gasteiger partial charge is 0.395 e. The van der Waals surface area contributed by atoms with Gasteiger partial charge >= 0.3 is 0 Å². The molecule has 1 heterocycles. The van der Waals surface area contributed by atoms with Crippen molar-refractivity contribution in [2.24, 2.45) is 0 Å². The molecule has 3 rings (SSSR count). The minimum absolute atomic E-state index is 0.172. The van der Waals surface area contributed by atoms with Crippen LogP contribution in [0.3, 0.4) is 0 Å². The smallest absolute Gasteiger partial charge is 0.243 e. The molecule has 0 bridgehead atoms. The molecule has 1 aliphatic heterocycles. The molecule has 5 nitrogen and oxygen atoms in total. The van der Waals surface area contributed by atoms with Gasteiger partial charge in [0.2, 0.25) is 10.0 Å². The molecular weight excluding hydrogens is 338 g/mol. The van der Waals surface area contributed by atoms with Gasteiger partial charge in [-0.3, -0.25) is 0 Å². The second kappa shape index (κ2) is 7.66. The molecule has 1 N–H and O–H groups in total. The van der Waals surface area contributed by atoms with Crippen LogP contribution in [0.25, 0.3) is 0 Å². The molecule has 1 saturated heterocycles. The summed E-state index contributed by atoms with van der Waals surface area (Å²) >= 11 is 0. The van der Waals surface area contributed by atoms with E-state index in [0.717, 1.165) is 11.1 Å². The summed E-state index contributed by atoms with van der Waals surface area (Å²) in [4.78, 5) is 0.268. The molecule has 134 valence electrons. The van der Waals surface area contributed by atoms with E-state index in [-0.39, 0.29) is 23.6 Å². The van der Waals surface area contributed by atoms with Crippen LogP contribution in [0.5, 0.6) is 0 Å². The van der Waals surface area contributed by atoms with Gasteiger partial charge in [0.15, 0.2) is 0 Å². The van der Waals surface area contributed by atoms with Crippen LogP contribution in [-0.2, 0) is 21.4 Å². The Morgan fingerprint density at radius 3 is 2.36 bits per heavy atom. The van der Waals surface area contributed by atoms with Crippen LogP contribution >= 0.6 is 0 Å². The molecule has 3 atom stereocenters. The molecule has 6 heteroatoms. The monoisotopic (exact) mass is 361 g/mol. The van der Waals surface area contributed by atoms with Crippen molar-refractivity contribution in [3.05, 3.63) is 65.7 Å². The highest BCUT2D eigenvalue weighted by atomic mass is 32.2. The average molecular weight is 361 g/mol. The minimum Gasteiger partial charge on any atom is -0.395 e. The average Bonchev–Trinajstić information content (AvgIpc) is 3.34. The summed E-state index contributed by atoms with van der Waals surface area (Å²) < 4.78 is 32.5. The maximum absolute atomic E-state index is 12.7. The summed E-state index contributed by atoms with van der Waals surface area (Å²) in [5.41, 5.74) is 2.09. The highest BCUT2D eigenvalue weighted by molar-refractivity contribution is 7.89. The van der Waals surface area contributed by atoms with Crippen LogP contribution in [0.15, 0.2) is 59.5 Å². The van der Waals surface area contributed by atoms with E-state index in [1.165, 1.54) is 4.31 Å². The predicted octanol–water partition coefficient (Wildman–Crippen LogP) is 2.34. The van der Waals surface area contributed by atoms with Crippen molar-refractivity contribution in [2.75, 3.05) is 13.2 Å². The number of aryl methyl sites for hydroxylation is 1. The SMILES string of the molecule is Cc1ccc(S(=O)(=O)N2C(CCOCc3ccccc3)[C@H]2CO)cc1. The molecule has 1 fully saturated rings. The third-order valence-corrected chi connectivity index (χ3v) is 6.43. The highest BCUT2D eigenvalue weighted by Crippen LogP contribution is 2.37. The minimum atomic E-state index is -3.56. The van der Waals surface area contributed by atoms with Gasteiger partial charge in [0, 0.05) is 12.6 Å². The fourth-order valence-corrected chi connectivity index (χ4v) is 4.82. The Bertz CT molecular complexity index is 790. The molecule has 2 unspecified atom stereocenters. The fourth-order valence-electron chi connectivity index (χ4n) is 2.99. The lowest BCUT2D eigenvalue weighted by atomic mass is 10.2. The third kappa shape index (κ3) is 4.10. The Morgan fingerprint density at radius 2 is 1.72 bits per heavy atom. The molecule has 2 aromatic rings. The zero-order valence-corrected chi connectivity index (χ0v) is 15.0. The van der Waals surface area contributed by atoms with Crippen LogP contribution < -0.4 is 0 Å². The highest BCUT2D eigenvalue weighted by Gasteiger charge is 2.54. The number of hydrogen-bond donors (Lipinski definition) is 1. The third-order valence-electron chi connectivity index (χ3n) is 4.46. The first-order valence-electron chi connectivity index (χ1n) is 8.37. The summed E-state index contributed by atoms with van der Waals surface area (Å²) in [5, 5.41) is 9.49. The predicted molar refractivity (Wildman–Crippen MR) is 95.6 cm³/mol. The van der Waals surface area contributed by atoms with E-state index in [1.54, 1.807) is 24.3 Å². The zero-order chi connectivity index (χ0) is 17.9. The zero-order valence-electron chi connectivity index (χ0n) is 14.2. The van der Waals surface area contributed by atoms with Gasteiger partial charge in [0.25, 0.3) is 0 Å². The van der Waals surface area contributed by atoms with E-state index in [9.17, 15) is 13.5 Å². The summed E-state index contributed by atoms with van der Waals surface area (Å²) in [7, 11) is -3.56. The second-order valence-electron chi connectivity index (χ2n) is 6.29. The molecule has 0 aromatic heterocycles. The number of aliphatic hydroxyl groups is 1. The topological polar surface area (TPSA) is 66.6 Å². The van der Waals surface area contributed by atoms with Gasteiger partial charge in [-0.25, -0.2) is 8.42 Å². The van der Waals surface area contributed by atoms with E-state index in [4.69, 9.17) is 4.74 Å². The Kier molecular flexibility index (Phi) is 5.54. The van der Waals surface area contributed by atoms with E-state index in [1.807, 2.05) is 37.3 Å². The van der Waals surface area contributed by atoms with Crippen molar-refractivity contribution in [3.63, 3.8) is 0 Å². The molecular formula is C19H23NO4S. The summed E-state index contributed by atoms with van der Waals surface area (Å²) in [6, 6.07) is 16.1. The van der Waals surface area contributed by atoms with Crippen LogP contribution in [0.2, 0.25) is 0 Å². The van der Waals surface area contributed by atoms with E-state index in [2.05, 4.69) is 0 Å². The van der Waals surface area contributed by atoms with Gasteiger partial charge in [-0.05, 0) is 31.0 Å². The number of ether oxygens (including phenoxy) is 1. The molecule has 0 aliphatic carbocycles. The van der Waals surface area contributed by atoms with Gasteiger partial charge in [-0.2, -0.15) is 4.31 Å². The van der Waals surface area contributed by atoms with Crippen molar-refractivity contribution in [1.29, 1.82) is 0 Å². The number of sulfonamides is 1. The Labute approximate surface area is 148 Å². The summed E-state index contributed by atoms with van der Waals surface area (Å²) in [5.74, 6) is 0. The molecule has 0 amide bonds. The molecule has 25 heavy (non-hydrogen) atoms. The van der Waals surface area contributed by atoms with E-state index in [0.29, 0.717) is 19.6 Å². The quantitative estimate of drug-likeness (QED) is 0.579. The maximum Gasteiger partial charge on any atom is 0.243 e. The van der Waals surface area contributed by atoms with E-state index < -0.39 is 10.0 Å². The second-order valence-corrected chi connectivity index (χ2v) is 8.14. The number of aliphatic hydroxyl groups excluding tert-OH is 1. The molecule has 0 saturated carbocycles. The molecule has 0 spiro atoms. The Balaban J connectivity index is 1.56. The molecule has 1 aliphatic rings. The van der Waals surface area contributed by atoms with Gasteiger partial charge < -0.3 is 9.84 Å². The lowest BCUT2D eigenvalue weighted by Gasteiger charge is -2.07. The van der Waals surface area contributed by atoms with Gasteiger partial charge in [0.1, 0.15) is 0 Å². The number of hydrogen-bond acceptors (Lipinski definition) is 4. The number of nitrogens with zero attached hydrogens (tertiary/aromatic N) is 1. The lowest BCUT2D eigenvalue weighted by molar-refractivity contribution is 0.117. The number of benzene rings is 2. The maximum atomic E-state index is 12.7. The van der Waals surface area contributed by atoms with Crippen LogP contribution in [0, 0.1) is 6.92 Å². The van der Waals surface area contributed by atoms with Crippen molar-refractivity contribution < 1.29 is 18.3 Å². The molecule has 0 radical (unpaired) electrons. The standard InChI is InChI=1S/C19H23NO4S/c1-15-7-9-17(10-8-15)25(22,23)20-18(19(20)13-21)11-12-24-14-16-5-3-2-4-6-16/h2-10,18-19,21H,11-14H2,1H3/t18?,19-,20?/m1/s1. The Hall–Kier alpha value is -1.73. The van der Waals surface area contributed by atoms with Gasteiger partial charge in [-0.1, -0.05) is 48.0 Å². The summed E-state index contributed by atoms with van der Waals surface area (Å²) in [6.07, 6.45) is 0.573. The first-order valence-corrected chi connectivity index (χ1v) is 9.81. The van der Waals surface area contributed by atoms with Crippen molar-refractivity contribution >= 4 is 10.0 Å². The van der Waals surface area contributed by atoms with E-state index >= 15 is 0 Å². The first kappa shape index (κ1) is 18.1. The normalized spacial score (nSPS) is 22.7. The van der Waals surface area contributed by atoms with Crippen molar-refractivity contribution in [1.82, 2.24) is 4.31 Å². The Morgan fingerprint density at radius 1 is 1.04 bits per heavy atom. The molecule has 2 aromatic carbocycles. The van der Waals surface area contributed by atoms with Crippen LogP contribution in [-0.4, -0.2) is 43.1 Å². The fraction of sp³-hybridized carbons (Fsp3) is 0.368. The van der Waals surface area contributed by atoms with Gasteiger partial charge in [0.05, 0.1) is 24.2 Å². The van der Waals surface area contributed by atoms with Crippen molar-refractivity contribution in [2.45, 2.75) is 36.9 Å². The van der Waals surface area contributed by atoms with Crippen molar-refractivity contribution in [3.8, 4) is 0 Å². The van der Waals surface area contributed by atoms with Crippen LogP contribution in [0.4, 0.5) is 0 Å². The van der Waals surface area contributed by atoms with Gasteiger partial charge in [-0.15, -0.1) is 0 Å². The number of rotatable bonds is 8. The first-order chi connectivity index (χ1) is 12.0. The lowest BCUT2D eigenvalue weighted by Crippen LogP contribution is -2.17.